The summed E-state index contributed by atoms with van der Waals surface area (Å²) in [6.45, 7) is 2.47. The van der Waals surface area contributed by atoms with Crippen LogP contribution in [-0.4, -0.2) is 25.5 Å². The quantitative estimate of drug-likeness (QED) is 0.700. The molecule has 0 aliphatic heterocycles. The van der Waals surface area contributed by atoms with Gasteiger partial charge in [0.1, 0.15) is 16.9 Å². The topological polar surface area (TPSA) is 76.7 Å². The fraction of sp³-hybridized carbons (Fsp3) is 0.300. The van der Waals surface area contributed by atoms with Crippen LogP contribution in [0.4, 0.5) is 11.4 Å². The molecule has 0 saturated heterocycles. The van der Waals surface area contributed by atoms with Crippen LogP contribution in [-0.2, 0) is 9.59 Å². The molecule has 1 saturated carbocycles. The fourth-order valence-corrected chi connectivity index (χ4v) is 2.93. The fourth-order valence-electron chi connectivity index (χ4n) is 2.75. The lowest BCUT2D eigenvalue weighted by atomic mass is 10.0. The van der Waals surface area contributed by atoms with E-state index >= 15 is 0 Å². The summed E-state index contributed by atoms with van der Waals surface area (Å²) < 4.78 is 10.6. The lowest BCUT2D eigenvalue weighted by Crippen LogP contribution is -2.35. The molecule has 0 atom stereocenters. The van der Waals surface area contributed by atoms with Gasteiger partial charge in [0.2, 0.25) is 11.8 Å². The third kappa shape index (κ3) is 4.17. The second-order valence-electron chi connectivity index (χ2n) is 6.29. The van der Waals surface area contributed by atoms with Crippen LogP contribution in [0.15, 0.2) is 42.5 Å². The molecule has 1 aliphatic carbocycles. The zero-order chi connectivity index (χ0) is 19.4. The maximum atomic E-state index is 12.8. The highest BCUT2D eigenvalue weighted by atomic mass is 35.5. The van der Waals surface area contributed by atoms with Crippen LogP contribution in [0, 0.1) is 5.41 Å². The molecule has 0 bridgehead atoms. The van der Waals surface area contributed by atoms with Crippen LogP contribution in [0.3, 0.4) is 0 Å². The van der Waals surface area contributed by atoms with E-state index in [1.807, 2.05) is 6.92 Å². The molecular formula is C20H21ClN2O4. The molecule has 142 valence electrons. The molecule has 1 fully saturated rings. The van der Waals surface area contributed by atoms with E-state index in [-0.39, 0.29) is 11.8 Å². The van der Waals surface area contributed by atoms with Crippen molar-refractivity contribution in [3.8, 4) is 11.5 Å². The van der Waals surface area contributed by atoms with Crippen molar-refractivity contribution in [1.29, 1.82) is 0 Å². The number of rotatable bonds is 7. The van der Waals surface area contributed by atoms with E-state index < -0.39 is 5.41 Å². The first kappa shape index (κ1) is 19.0. The monoisotopic (exact) mass is 388 g/mol. The summed E-state index contributed by atoms with van der Waals surface area (Å²) in [5, 5.41) is 6.04. The van der Waals surface area contributed by atoms with E-state index in [1.54, 1.807) is 42.5 Å². The number of ether oxygens (including phenoxy) is 2. The largest absolute Gasteiger partial charge is 0.495 e. The van der Waals surface area contributed by atoms with Gasteiger partial charge in [0.15, 0.2) is 0 Å². The third-order valence-corrected chi connectivity index (χ3v) is 4.69. The van der Waals surface area contributed by atoms with Gasteiger partial charge in [-0.2, -0.15) is 0 Å². The van der Waals surface area contributed by atoms with Crippen LogP contribution in [0.2, 0.25) is 5.02 Å². The molecule has 7 heteroatoms. The Hall–Kier alpha value is -2.73. The van der Waals surface area contributed by atoms with Crippen molar-refractivity contribution in [2.45, 2.75) is 19.8 Å². The minimum absolute atomic E-state index is 0.329. The number of carbonyl (C=O) groups is 2. The summed E-state index contributed by atoms with van der Waals surface area (Å²) in [7, 11) is 1.50. The molecule has 2 aromatic carbocycles. The van der Waals surface area contributed by atoms with Gasteiger partial charge in [0, 0.05) is 10.7 Å². The molecule has 2 N–H and O–H groups in total. The van der Waals surface area contributed by atoms with Gasteiger partial charge in [-0.15, -0.1) is 0 Å². The summed E-state index contributed by atoms with van der Waals surface area (Å²) in [6.07, 6.45) is 0.981. The van der Waals surface area contributed by atoms with Crippen molar-refractivity contribution in [2.75, 3.05) is 24.4 Å². The maximum Gasteiger partial charge on any atom is 0.240 e. The molecule has 0 heterocycles. The lowest BCUT2D eigenvalue weighted by Gasteiger charge is -2.17. The van der Waals surface area contributed by atoms with Gasteiger partial charge in [-0.25, -0.2) is 0 Å². The number of benzene rings is 2. The molecule has 0 spiro atoms. The maximum absolute atomic E-state index is 12.8. The second-order valence-corrected chi connectivity index (χ2v) is 6.73. The Morgan fingerprint density at radius 3 is 2.33 bits per heavy atom. The van der Waals surface area contributed by atoms with E-state index in [9.17, 15) is 9.59 Å². The normalized spacial score (nSPS) is 14.2. The average Bonchev–Trinajstić information content (AvgIpc) is 3.46. The van der Waals surface area contributed by atoms with Gasteiger partial charge in [0.05, 0.1) is 19.4 Å². The van der Waals surface area contributed by atoms with Crippen molar-refractivity contribution in [3.05, 3.63) is 47.5 Å². The SMILES string of the molecule is CCOc1ccc(NC(=O)C2(C(=O)Nc3cc(Cl)ccc3OC)CC2)cc1. The summed E-state index contributed by atoms with van der Waals surface area (Å²) in [5.74, 6) is 0.509. The first-order valence-electron chi connectivity index (χ1n) is 8.68. The second kappa shape index (κ2) is 7.88. The van der Waals surface area contributed by atoms with Crippen molar-refractivity contribution in [2.24, 2.45) is 5.41 Å². The molecular weight excluding hydrogens is 368 g/mol. The average molecular weight is 389 g/mol. The van der Waals surface area contributed by atoms with E-state index in [4.69, 9.17) is 21.1 Å². The van der Waals surface area contributed by atoms with Gasteiger partial charge in [0.25, 0.3) is 0 Å². The molecule has 6 nitrogen and oxygen atoms in total. The van der Waals surface area contributed by atoms with E-state index in [0.717, 1.165) is 5.75 Å². The summed E-state index contributed by atoms with van der Waals surface area (Å²) in [6, 6.07) is 12.0. The molecule has 3 rings (SSSR count). The Labute approximate surface area is 162 Å². The summed E-state index contributed by atoms with van der Waals surface area (Å²) in [5.41, 5.74) is -0.0238. The van der Waals surface area contributed by atoms with E-state index in [1.165, 1.54) is 7.11 Å². The van der Waals surface area contributed by atoms with Gasteiger partial charge in [-0.3, -0.25) is 9.59 Å². The highest BCUT2D eigenvalue weighted by molar-refractivity contribution is 6.31. The van der Waals surface area contributed by atoms with Crippen molar-refractivity contribution < 1.29 is 19.1 Å². The van der Waals surface area contributed by atoms with Crippen LogP contribution >= 0.6 is 11.6 Å². The Bertz CT molecular complexity index is 848. The molecule has 0 aromatic heterocycles. The van der Waals surface area contributed by atoms with Crippen molar-refractivity contribution >= 4 is 34.8 Å². The zero-order valence-corrected chi connectivity index (χ0v) is 15.9. The van der Waals surface area contributed by atoms with Crippen molar-refractivity contribution in [3.63, 3.8) is 0 Å². The number of amides is 2. The molecule has 1 aliphatic rings. The van der Waals surface area contributed by atoms with Gasteiger partial charge in [-0.1, -0.05) is 11.6 Å². The predicted octanol–water partition coefficient (Wildman–Crippen LogP) is 4.10. The van der Waals surface area contributed by atoms with Crippen LogP contribution in [0.5, 0.6) is 11.5 Å². The van der Waals surface area contributed by atoms with Crippen LogP contribution < -0.4 is 20.1 Å². The number of halogens is 1. The zero-order valence-electron chi connectivity index (χ0n) is 15.2. The highest BCUT2D eigenvalue weighted by Crippen LogP contribution is 2.48. The Morgan fingerprint density at radius 2 is 1.74 bits per heavy atom. The smallest absolute Gasteiger partial charge is 0.240 e. The molecule has 2 amide bonds. The Kier molecular flexibility index (Phi) is 5.56. The number of carbonyl (C=O) groups excluding carboxylic acids is 2. The first-order chi connectivity index (χ1) is 13.0. The highest BCUT2D eigenvalue weighted by Gasteiger charge is 2.56. The van der Waals surface area contributed by atoms with E-state index in [0.29, 0.717) is 41.6 Å². The minimum Gasteiger partial charge on any atom is -0.495 e. The number of nitrogens with one attached hydrogen (secondary N) is 2. The van der Waals surface area contributed by atoms with Crippen LogP contribution in [0.1, 0.15) is 19.8 Å². The lowest BCUT2D eigenvalue weighted by molar-refractivity contribution is -0.131. The summed E-state index contributed by atoms with van der Waals surface area (Å²) >= 11 is 6.00. The number of hydrogen-bond donors (Lipinski definition) is 2. The Balaban J connectivity index is 1.69. The van der Waals surface area contributed by atoms with Crippen molar-refractivity contribution in [1.82, 2.24) is 0 Å². The predicted molar refractivity (Wildman–Crippen MR) is 105 cm³/mol. The number of hydrogen-bond acceptors (Lipinski definition) is 4. The number of methoxy groups -OCH3 is 1. The standard InChI is InChI=1S/C20H21ClN2O4/c1-3-27-15-7-5-14(6-8-15)22-18(24)20(10-11-20)19(25)23-16-12-13(21)4-9-17(16)26-2/h4-9,12H,3,10-11H2,1-2H3,(H,22,24)(H,23,25). The molecule has 0 unspecified atom stereocenters. The molecule has 2 aromatic rings. The van der Waals surface area contributed by atoms with E-state index in [2.05, 4.69) is 10.6 Å². The Morgan fingerprint density at radius 1 is 1.07 bits per heavy atom. The number of anilines is 2. The minimum atomic E-state index is -1.08. The van der Waals surface area contributed by atoms with Crippen LogP contribution in [0.25, 0.3) is 0 Å². The first-order valence-corrected chi connectivity index (χ1v) is 9.05. The molecule has 27 heavy (non-hydrogen) atoms. The van der Waals surface area contributed by atoms with Gasteiger partial charge < -0.3 is 20.1 Å². The summed E-state index contributed by atoms with van der Waals surface area (Å²) in [4.78, 5) is 25.5. The van der Waals surface area contributed by atoms with Gasteiger partial charge in [-0.05, 0) is 62.2 Å². The van der Waals surface area contributed by atoms with Gasteiger partial charge >= 0.3 is 0 Å². The molecule has 0 radical (unpaired) electrons. The third-order valence-electron chi connectivity index (χ3n) is 4.45.